The first-order valence-corrected chi connectivity index (χ1v) is 11.6. The van der Waals surface area contributed by atoms with Gasteiger partial charge >= 0.3 is 6.09 Å². The van der Waals surface area contributed by atoms with E-state index in [0.29, 0.717) is 6.42 Å². The van der Waals surface area contributed by atoms with E-state index in [1.54, 1.807) is 0 Å². The zero-order valence-corrected chi connectivity index (χ0v) is 18.5. The average molecular weight is 362 g/mol. The number of alkyl carbamates (subject to hydrolysis) is 1. The lowest BCUT2D eigenvalue weighted by Crippen LogP contribution is -2.49. The number of carbonyl (C=O) groups is 1. The van der Waals surface area contributed by atoms with E-state index in [1.165, 1.54) is 0 Å². The van der Waals surface area contributed by atoms with Crippen molar-refractivity contribution in [1.29, 1.82) is 0 Å². The second-order valence-corrected chi connectivity index (χ2v) is 14.7. The molecular formula is C18H39NO4Si. The van der Waals surface area contributed by atoms with Gasteiger partial charge in [0.1, 0.15) is 11.9 Å². The van der Waals surface area contributed by atoms with Crippen LogP contribution >= 0.6 is 0 Å². The van der Waals surface area contributed by atoms with Crippen LogP contribution in [0.2, 0.25) is 18.1 Å². The fourth-order valence-electron chi connectivity index (χ4n) is 2.07. The Labute approximate surface area is 149 Å². The minimum atomic E-state index is -2.05. The molecule has 2 atom stereocenters. The second kappa shape index (κ2) is 7.75. The summed E-state index contributed by atoms with van der Waals surface area (Å²) in [5.74, 6) is 0. The van der Waals surface area contributed by atoms with Crippen LogP contribution in [0, 0.1) is 5.41 Å². The Hall–Kier alpha value is -0.593. The largest absolute Gasteiger partial charge is 0.444 e. The highest BCUT2D eigenvalue weighted by atomic mass is 28.4. The van der Waals surface area contributed by atoms with Gasteiger partial charge in [0.05, 0.1) is 0 Å². The summed E-state index contributed by atoms with van der Waals surface area (Å²) in [4.78, 5) is 11.9. The standard InChI is InChI=1S/C18H39NO4Si/c1-13(19-15(21)22-16(2,3)4)12-18(8,9)14(20)23-24(10,11)17(5,6)7/h13-14,20H,12H2,1-11H3,(H,19,21). The number of ether oxygens (including phenoxy) is 1. The van der Waals surface area contributed by atoms with Crippen LogP contribution in [0.25, 0.3) is 0 Å². The molecule has 144 valence electrons. The van der Waals surface area contributed by atoms with E-state index in [4.69, 9.17) is 9.16 Å². The molecule has 0 aromatic heterocycles. The quantitative estimate of drug-likeness (QED) is 0.533. The van der Waals surface area contributed by atoms with Crippen LogP contribution in [0.15, 0.2) is 0 Å². The van der Waals surface area contributed by atoms with Crippen LogP contribution in [-0.4, -0.2) is 37.5 Å². The van der Waals surface area contributed by atoms with Gasteiger partial charge in [-0.1, -0.05) is 34.6 Å². The summed E-state index contributed by atoms with van der Waals surface area (Å²) in [6, 6.07) is -0.132. The fourth-order valence-corrected chi connectivity index (χ4v) is 3.30. The lowest BCUT2D eigenvalue weighted by molar-refractivity contribution is -0.115. The van der Waals surface area contributed by atoms with Crippen molar-refractivity contribution in [1.82, 2.24) is 5.32 Å². The van der Waals surface area contributed by atoms with Gasteiger partial charge in [0.2, 0.25) is 0 Å². The molecule has 0 saturated heterocycles. The Kier molecular flexibility index (Phi) is 7.56. The Morgan fingerprint density at radius 1 is 1.08 bits per heavy atom. The molecule has 6 heteroatoms. The molecule has 0 rings (SSSR count). The zero-order chi connectivity index (χ0) is 19.6. The molecule has 1 amide bonds. The number of amides is 1. The first-order valence-electron chi connectivity index (χ1n) is 8.73. The van der Waals surface area contributed by atoms with Crippen molar-refractivity contribution in [2.24, 2.45) is 5.41 Å². The van der Waals surface area contributed by atoms with Crippen LogP contribution in [0.3, 0.4) is 0 Å². The zero-order valence-electron chi connectivity index (χ0n) is 17.5. The minimum absolute atomic E-state index is 0.0322. The highest BCUT2D eigenvalue weighted by Crippen LogP contribution is 2.40. The summed E-state index contributed by atoms with van der Waals surface area (Å²) in [5, 5.41) is 13.5. The SMILES string of the molecule is CC(CC(C)(C)C(O)O[Si](C)(C)C(C)(C)C)NC(=O)OC(C)(C)C. The number of carbonyl (C=O) groups excluding carboxylic acids is 1. The molecule has 5 nitrogen and oxygen atoms in total. The van der Waals surface area contributed by atoms with Crippen molar-refractivity contribution in [2.75, 3.05) is 0 Å². The third-order valence-electron chi connectivity index (χ3n) is 4.48. The predicted molar refractivity (Wildman–Crippen MR) is 102 cm³/mol. The van der Waals surface area contributed by atoms with E-state index in [-0.39, 0.29) is 11.1 Å². The van der Waals surface area contributed by atoms with Crippen molar-refractivity contribution < 1.29 is 19.1 Å². The molecule has 2 N–H and O–H groups in total. The highest BCUT2D eigenvalue weighted by molar-refractivity contribution is 6.74. The van der Waals surface area contributed by atoms with Crippen molar-refractivity contribution in [3.8, 4) is 0 Å². The first kappa shape index (κ1) is 23.4. The first-order chi connectivity index (χ1) is 10.4. The van der Waals surface area contributed by atoms with Crippen molar-refractivity contribution in [3.05, 3.63) is 0 Å². The normalized spacial score (nSPS) is 16.5. The van der Waals surface area contributed by atoms with Gasteiger partial charge in [0, 0.05) is 11.5 Å². The van der Waals surface area contributed by atoms with Gasteiger partial charge in [-0.2, -0.15) is 0 Å². The van der Waals surface area contributed by atoms with Gasteiger partial charge < -0.3 is 19.6 Å². The summed E-state index contributed by atoms with van der Waals surface area (Å²) < 4.78 is 11.4. The molecule has 24 heavy (non-hydrogen) atoms. The van der Waals surface area contributed by atoms with E-state index >= 15 is 0 Å². The molecule has 0 fully saturated rings. The Bertz CT molecular complexity index is 422. The number of aliphatic hydroxyl groups excluding tert-OH is 1. The smallest absolute Gasteiger partial charge is 0.407 e. The minimum Gasteiger partial charge on any atom is -0.444 e. The summed E-state index contributed by atoms with van der Waals surface area (Å²) in [5.41, 5.74) is -1.01. The van der Waals surface area contributed by atoms with E-state index < -0.39 is 31.7 Å². The number of hydrogen-bond acceptors (Lipinski definition) is 4. The van der Waals surface area contributed by atoms with Crippen molar-refractivity contribution in [2.45, 2.75) is 105 Å². The van der Waals surface area contributed by atoms with Crippen LogP contribution < -0.4 is 5.32 Å². The molecule has 0 aliphatic heterocycles. The topological polar surface area (TPSA) is 67.8 Å². The van der Waals surface area contributed by atoms with Crippen LogP contribution in [0.1, 0.15) is 68.7 Å². The van der Waals surface area contributed by atoms with Gasteiger partial charge in [-0.15, -0.1) is 0 Å². The highest BCUT2D eigenvalue weighted by Gasteiger charge is 2.42. The molecule has 0 aliphatic carbocycles. The van der Waals surface area contributed by atoms with Crippen molar-refractivity contribution in [3.63, 3.8) is 0 Å². The predicted octanol–water partition coefficient (Wildman–Crippen LogP) is 4.66. The third-order valence-corrected chi connectivity index (χ3v) is 8.90. The maximum Gasteiger partial charge on any atom is 0.407 e. The number of hydrogen-bond donors (Lipinski definition) is 2. The maximum atomic E-state index is 11.9. The van der Waals surface area contributed by atoms with Gasteiger partial charge in [0.25, 0.3) is 0 Å². The molecule has 0 radical (unpaired) electrons. The van der Waals surface area contributed by atoms with Gasteiger partial charge in [-0.25, -0.2) is 4.79 Å². The summed E-state index contributed by atoms with van der Waals surface area (Å²) >= 11 is 0. The van der Waals surface area contributed by atoms with E-state index in [1.807, 2.05) is 41.5 Å². The Morgan fingerprint density at radius 3 is 1.92 bits per heavy atom. The third kappa shape index (κ3) is 7.99. The molecule has 0 aromatic rings. The van der Waals surface area contributed by atoms with E-state index in [0.717, 1.165) is 0 Å². The van der Waals surface area contributed by atoms with Gasteiger partial charge in [-0.3, -0.25) is 0 Å². The van der Waals surface area contributed by atoms with Gasteiger partial charge in [-0.05, 0) is 52.2 Å². The molecule has 0 aliphatic rings. The molecule has 0 bridgehead atoms. The average Bonchev–Trinajstić information content (AvgIpc) is 2.21. The summed E-state index contributed by atoms with van der Waals surface area (Å²) in [7, 11) is -2.05. The van der Waals surface area contributed by atoms with E-state index in [2.05, 4.69) is 39.2 Å². The van der Waals surface area contributed by atoms with Crippen LogP contribution in [0.4, 0.5) is 4.79 Å². The molecule has 0 saturated carbocycles. The molecule has 0 aromatic carbocycles. The van der Waals surface area contributed by atoms with Crippen LogP contribution in [-0.2, 0) is 9.16 Å². The summed E-state index contributed by atoms with van der Waals surface area (Å²) in [6.45, 7) is 22.0. The molecular weight excluding hydrogens is 322 g/mol. The molecule has 0 spiro atoms. The Balaban J connectivity index is 4.75. The fraction of sp³-hybridized carbons (Fsp3) is 0.944. The molecule has 2 unspecified atom stereocenters. The number of aliphatic hydroxyl groups is 1. The second-order valence-electron chi connectivity index (χ2n) is 9.97. The lowest BCUT2D eigenvalue weighted by atomic mass is 9.85. The monoisotopic (exact) mass is 361 g/mol. The van der Waals surface area contributed by atoms with Crippen LogP contribution in [0.5, 0.6) is 0 Å². The van der Waals surface area contributed by atoms with Crippen molar-refractivity contribution >= 4 is 14.4 Å². The summed E-state index contributed by atoms with van der Waals surface area (Å²) in [6.07, 6.45) is -0.728. The molecule has 0 heterocycles. The lowest BCUT2D eigenvalue weighted by Gasteiger charge is -2.42. The number of nitrogens with one attached hydrogen (secondary N) is 1. The maximum absolute atomic E-state index is 11.9. The van der Waals surface area contributed by atoms with E-state index in [9.17, 15) is 9.90 Å². The number of rotatable bonds is 6. The Morgan fingerprint density at radius 2 is 1.54 bits per heavy atom. The van der Waals surface area contributed by atoms with Gasteiger partial charge in [0.15, 0.2) is 8.32 Å².